The molecule has 0 saturated carbocycles. The van der Waals surface area contributed by atoms with Crippen molar-refractivity contribution in [3.05, 3.63) is 35.4 Å². The predicted octanol–water partition coefficient (Wildman–Crippen LogP) is 2.44. The van der Waals surface area contributed by atoms with Crippen molar-refractivity contribution < 1.29 is 9.18 Å². The van der Waals surface area contributed by atoms with Gasteiger partial charge < -0.3 is 0 Å². The highest BCUT2D eigenvalue weighted by Gasteiger charge is 2.49. The maximum Gasteiger partial charge on any atom is 0.248 e. The van der Waals surface area contributed by atoms with Gasteiger partial charge in [-0.25, -0.2) is 4.39 Å². The van der Waals surface area contributed by atoms with E-state index >= 15 is 0 Å². The highest BCUT2D eigenvalue weighted by atomic mass is 127. The van der Waals surface area contributed by atoms with E-state index < -0.39 is 9.46 Å². The number of benzene rings is 1. The third-order valence-electron chi connectivity index (χ3n) is 1.80. The molecule has 1 aliphatic carbocycles. The van der Waals surface area contributed by atoms with Gasteiger partial charge in [0, 0.05) is 11.1 Å². The van der Waals surface area contributed by atoms with Gasteiger partial charge in [-0.3, -0.25) is 4.79 Å². The van der Waals surface area contributed by atoms with E-state index in [-0.39, 0.29) is 0 Å². The molecule has 0 saturated heterocycles. The Bertz CT molecular complexity index is 333. The zero-order valence-electron chi connectivity index (χ0n) is 5.47. The van der Waals surface area contributed by atoms with Crippen LogP contribution < -0.4 is 0 Å². The second kappa shape index (κ2) is 2.03. The van der Waals surface area contributed by atoms with Crippen LogP contribution in [0.3, 0.4) is 0 Å². The Labute approximate surface area is 76.7 Å². The molecule has 0 bridgehead atoms. The number of carbonyl (C=O) groups is 1. The van der Waals surface area contributed by atoms with Crippen LogP contribution in [-0.4, -0.2) is 5.78 Å². The minimum Gasteiger partial charge on any atom is -0.289 e. The fourth-order valence-corrected chi connectivity index (χ4v) is 1.94. The number of fused-ring (bicyclic) bond motifs is 1. The minimum atomic E-state index is -1.76. The molecule has 1 aromatic carbocycles. The molecule has 0 amide bonds. The first-order valence-corrected chi connectivity index (χ1v) is 4.24. The number of hydrogen-bond acceptors (Lipinski definition) is 1. The summed E-state index contributed by atoms with van der Waals surface area (Å²) in [7, 11) is 0. The molecule has 0 spiro atoms. The average molecular weight is 262 g/mol. The van der Waals surface area contributed by atoms with Crippen LogP contribution in [0.1, 0.15) is 15.9 Å². The van der Waals surface area contributed by atoms with Crippen LogP contribution in [0.15, 0.2) is 24.3 Å². The molecule has 1 atom stereocenters. The van der Waals surface area contributed by atoms with Gasteiger partial charge in [0.2, 0.25) is 9.46 Å². The van der Waals surface area contributed by atoms with Crippen LogP contribution in [0.4, 0.5) is 4.39 Å². The third kappa shape index (κ3) is 0.772. The Hall–Kier alpha value is -0.450. The van der Waals surface area contributed by atoms with E-state index in [1.54, 1.807) is 24.3 Å². The summed E-state index contributed by atoms with van der Waals surface area (Å²) in [5.74, 6) is -0.409. The van der Waals surface area contributed by atoms with Crippen LogP contribution in [-0.2, 0) is 3.68 Å². The fourth-order valence-electron chi connectivity index (χ4n) is 1.18. The Morgan fingerprint density at radius 2 is 2.00 bits per heavy atom. The first-order chi connectivity index (χ1) is 5.14. The first-order valence-electron chi connectivity index (χ1n) is 3.16. The largest absolute Gasteiger partial charge is 0.289 e. The lowest BCUT2D eigenvalue weighted by molar-refractivity contribution is 0.0804. The topological polar surface area (TPSA) is 17.1 Å². The van der Waals surface area contributed by atoms with Crippen molar-refractivity contribution in [1.29, 1.82) is 0 Å². The summed E-state index contributed by atoms with van der Waals surface area (Å²) in [5, 5.41) is 0. The standard InChI is InChI=1S/C8H4FIO/c9-8(10)6-4-2-1-3-5(6)7(8)11/h1-4H. The van der Waals surface area contributed by atoms with Crippen molar-refractivity contribution in [3.8, 4) is 0 Å². The zero-order valence-corrected chi connectivity index (χ0v) is 7.63. The van der Waals surface area contributed by atoms with Gasteiger partial charge in [0.1, 0.15) is 0 Å². The molecule has 0 heterocycles. The average Bonchev–Trinajstić information content (AvgIpc) is 2.04. The fraction of sp³-hybridized carbons (Fsp3) is 0.125. The monoisotopic (exact) mass is 262 g/mol. The number of alkyl halides is 2. The number of Topliss-reactive ketones (excluding diaryl/α,β-unsaturated/α-hetero) is 1. The molecule has 0 aliphatic heterocycles. The molecule has 1 aliphatic rings. The van der Waals surface area contributed by atoms with E-state index in [9.17, 15) is 9.18 Å². The molecule has 0 N–H and O–H groups in total. The number of rotatable bonds is 0. The van der Waals surface area contributed by atoms with Gasteiger partial charge >= 0.3 is 0 Å². The van der Waals surface area contributed by atoms with Crippen LogP contribution in [0.2, 0.25) is 0 Å². The van der Waals surface area contributed by atoms with E-state index in [1.807, 2.05) is 0 Å². The molecule has 1 aromatic rings. The van der Waals surface area contributed by atoms with Crippen molar-refractivity contribution in [2.24, 2.45) is 0 Å². The number of ketones is 1. The molecule has 1 unspecified atom stereocenters. The third-order valence-corrected chi connectivity index (χ3v) is 2.87. The lowest BCUT2D eigenvalue weighted by Gasteiger charge is -2.29. The quantitative estimate of drug-likeness (QED) is 0.518. The second-order valence-electron chi connectivity index (χ2n) is 2.45. The van der Waals surface area contributed by atoms with Crippen LogP contribution in [0.25, 0.3) is 0 Å². The van der Waals surface area contributed by atoms with Crippen LogP contribution >= 0.6 is 22.6 Å². The van der Waals surface area contributed by atoms with Gasteiger partial charge in [-0.05, 0) is 22.6 Å². The van der Waals surface area contributed by atoms with Crippen LogP contribution in [0.5, 0.6) is 0 Å². The Morgan fingerprint density at radius 1 is 1.36 bits per heavy atom. The Kier molecular flexibility index (Phi) is 1.33. The summed E-state index contributed by atoms with van der Waals surface area (Å²) in [5.41, 5.74) is 1.02. The van der Waals surface area contributed by atoms with E-state index in [1.165, 1.54) is 22.6 Å². The molecule has 56 valence electrons. The number of halogens is 2. The molecule has 0 radical (unpaired) electrons. The molecule has 0 aromatic heterocycles. The van der Waals surface area contributed by atoms with Gasteiger partial charge in [-0.15, -0.1) is 0 Å². The lowest BCUT2D eigenvalue weighted by Crippen LogP contribution is -2.36. The number of carbonyl (C=O) groups excluding carboxylic acids is 1. The molecule has 11 heavy (non-hydrogen) atoms. The number of hydrogen-bond donors (Lipinski definition) is 0. The molecule has 3 heteroatoms. The van der Waals surface area contributed by atoms with Gasteiger partial charge in [-0.2, -0.15) is 0 Å². The maximum absolute atomic E-state index is 13.2. The molecule has 2 rings (SSSR count). The molecule has 0 fully saturated rings. The van der Waals surface area contributed by atoms with E-state index in [4.69, 9.17) is 0 Å². The van der Waals surface area contributed by atoms with Gasteiger partial charge in [0.15, 0.2) is 0 Å². The summed E-state index contributed by atoms with van der Waals surface area (Å²) in [6, 6.07) is 6.76. The smallest absolute Gasteiger partial charge is 0.248 e. The Balaban J connectivity index is 2.65. The van der Waals surface area contributed by atoms with Crippen LogP contribution in [0, 0.1) is 0 Å². The first kappa shape index (κ1) is 7.21. The highest BCUT2D eigenvalue weighted by molar-refractivity contribution is 14.1. The van der Waals surface area contributed by atoms with Crippen molar-refractivity contribution in [2.75, 3.05) is 0 Å². The highest BCUT2D eigenvalue weighted by Crippen LogP contribution is 2.47. The SMILES string of the molecule is O=C1c2ccccc2C1(F)I. The lowest BCUT2D eigenvalue weighted by atomic mass is 9.85. The molecular formula is C8H4FIO. The van der Waals surface area contributed by atoms with Gasteiger partial charge in [0.25, 0.3) is 0 Å². The summed E-state index contributed by atoms with van der Waals surface area (Å²) in [6.45, 7) is 0. The van der Waals surface area contributed by atoms with Crippen molar-refractivity contribution >= 4 is 28.4 Å². The van der Waals surface area contributed by atoms with Crippen molar-refractivity contribution in [3.63, 3.8) is 0 Å². The van der Waals surface area contributed by atoms with Crippen molar-refractivity contribution in [1.82, 2.24) is 0 Å². The van der Waals surface area contributed by atoms with Gasteiger partial charge in [-0.1, -0.05) is 24.3 Å². The summed E-state index contributed by atoms with van der Waals surface area (Å²) in [6.07, 6.45) is 0. The van der Waals surface area contributed by atoms with Crippen molar-refractivity contribution in [2.45, 2.75) is 3.68 Å². The summed E-state index contributed by atoms with van der Waals surface area (Å²) < 4.78 is 11.5. The normalized spacial score (nSPS) is 27.6. The minimum absolute atomic E-state index is 0.409. The second-order valence-corrected chi connectivity index (χ2v) is 3.94. The molecule has 1 nitrogen and oxygen atoms in total. The maximum atomic E-state index is 13.2. The van der Waals surface area contributed by atoms with Gasteiger partial charge in [0.05, 0.1) is 0 Å². The van der Waals surface area contributed by atoms with E-state index in [2.05, 4.69) is 0 Å². The predicted molar refractivity (Wildman–Crippen MR) is 47.6 cm³/mol. The zero-order chi connectivity index (χ0) is 8.06. The van der Waals surface area contributed by atoms with E-state index in [0.29, 0.717) is 11.1 Å². The summed E-state index contributed by atoms with van der Waals surface area (Å²) >= 11 is 1.53. The molecular weight excluding hydrogens is 258 g/mol. The Morgan fingerprint density at radius 3 is 2.64 bits per heavy atom. The van der Waals surface area contributed by atoms with E-state index in [0.717, 1.165) is 0 Å². The summed E-state index contributed by atoms with van der Waals surface area (Å²) in [4.78, 5) is 11.0.